The molecule has 0 saturated heterocycles. The van der Waals surface area contributed by atoms with Gasteiger partial charge in [0.05, 0.1) is 6.04 Å². The van der Waals surface area contributed by atoms with Crippen molar-refractivity contribution in [2.24, 2.45) is 5.73 Å². The number of nitrogens with one attached hydrogen (secondary N) is 1. The molecule has 1 amide bonds. The van der Waals surface area contributed by atoms with E-state index in [1.165, 1.54) is 0 Å². The molecule has 0 bridgehead atoms. The Morgan fingerprint density at radius 2 is 2.19 bits per heavy atom. The standard InChI is InChI=1S/C11H15ClN2O.ClH/c1-3-9(13)11(15)14-10-5-4-8(12)6-7(10)2;/h4-6,9H,3,13H2,1-2H3,(H,14,15);1H/t9-;/m0./s1. The first kappa shape index (κ1) is 15.2. The second-order valence-corrected chi connectivity index (χ2v) is 3.90. The molecular formula is C11H16Cl2N2O. The molecule has 16 heavy (non-hydrogen) atoms. The minimum absolute atomic E-state index is 0. The number of hydrogen-bond donors (Lipinski definition) is 2. The number of nitrogens with two attached hydrogens (primary N) is 1. The van der Waals surface area contributed by atoms with E-state index in [0.29, 0.717) is 11.4 Å². The Morgan fingerprint density at radius 1 is 1.56 bits per heavy atom. The van der Waals surface area contributed by atoms with Gasteiger partial charge in [-0.2, -0.15) is 0 Å². The number of carbonyl (C=O) groups excluding carboxylic acids is 1. The maximum absolute atomic E-state index is 11.5. The monoisotopic (exact) mass is 262 g/mol. The molecule has 1 atom stereocenters. The van der Waals surface area contributed by atoms with Gasteiger partial charge < -0.3 is 11.1 Å². The van der Waals surface area contributed by atoms with Crippen molar-refractivity contribution >= 4 is 35.6 Å². The summed E-state index contributed by atoms with van der Waals surface area (Å²) in [6.45, 7) is 3.76. The molecule has 0 aliphatic carbocycles. The lowest BCUT2D eigenvalue weighted by atomic mass is 10.1. The van der Waals surface area contributed by atoms with Gasteiger partial charge in [0.2, 0.25) is 5.91 Å². The SMILES string of the molecule is CC[C@H](N)C(=O)Nc1ccc(Cl)cc1C.Cl. The fourth-order valence-corrected chi connectivity index (χ4v) is 1.40. The van der Waals surface area contributed by atoms with Crippen molar-refractivity contribution in [3.05, 3.63) is 28.8 Å². The fraction of sp³-hybridized carbons (Fsp3) is 0.364. The van der Waals surface area contributed by atoms with Gasteiger partial charge in [-0.15, -0.1) is 12.4 Å². The molecular weight excluding hydrogens is 247 g/mol. The van der Waals surface area contributed by atoms with Gasteiger partial charge in [0.15, 0.2) is 0 Å². The molecule has 0 fully saturated rings. The molecule has 0 saturated carbocycles. The van der Waals surface area contributed by atoms with Crippen molar-refractivity contribution in [1.82, 2.24) is 0 Å². The van der Waals surface area contributed by atoms with Crippen LogP contribution in [0.5, 0.6) is 0 Å². The minimum atomic E-state index is -0.458. The summed E-state index contributed by atoms with van der Waals surface area (Å²) in [6, 6.07) is 4.86. The second kappa shape index (κ2) is 6.74. The molecule has 5 heteroatoms. The predicted octanol–water partition coefficient (Wildman–Crippen LogP) is 2.75. The molecule has 90 valence electrons. The zero-order valence-corrected chi connectivity index (χ0v) is 10.9. The number of hydrogen-bond acceptors (Lipinski definition) is 2. The van der Waals surface area contributed by atoms with Crippen LogP contribution in [-0.4, -0.2) is 11.9 Å². The van der Waals surface area contributed by atoms with Gasteiger partial charge in [-0.1, -0.05) is 18.5 Å². The van der Waals surface area contributed by atoms with Crippen LogP contribution in [-0.2, 0) is 4.79 Å². The summed E-state index contributed by atoms with van der Waals surface area (Å²) < 4.78 is 0. The third-order valence-corrected chi connectivity index (χ3v) is 2.46. The summed E-state index contributed by atoms with van der Waals surface area (Å²) in [4.78, 5) is 11.5. The van der Waals surface area contributed by atoms with Crippen molar-refractivity contribution in [1.29, 1.82) is 0 Å². The number of rotatable bonds is 3. The summed E-state index contributed by atoms with van der Waals surface area (Å²) >= 11 is 5.81. The van der Waals surface area contributed by atoms with E-state index in [2.05, 4.69) is 5.32 Å². The van der Waals surface area contributed by atoms with Crippen LogP contribution in [0.4, 0.5) is 5.69 Å². The predicted molar refractivity (Wildman–Crippen MR) is 70.3 cm³/mol. The van der Waals surface area contributed by atoms with Crippen LogP contribution < -0.4 is 11.1 Å². The molecule has 1 aromatic rings. The van der Waals surface area contributed by atoms with E-state index in [1.807, 2.05) is 13.8 Å². The van der Waals surface area contributed by atoms with Gasteiger partial charge in [-0.3, -0.25) is 4.79 Å². The molecule has 0 unspecified atom stereocenters. The summed E-state index contributed by atoms with van der Waals surface area (Å²) in [5.41, 5.74) is 7.29. The molecule has 1 aromatic carbocycles. The number of aryl methyl sites for hydroxylation is 1. The van der Waals surface area contributed by atoms with Crippen molar-refractivity contribution in [3.63, 3.8) is 0 Å². The maximum atomic E-state index is 11.5. The Hall–Kier alpha value is -0.770. The highest BCUT2D eigenvalue weighted by atomic mass is 35.5. The van der Waals surface area contributed by atoms with Crippen molar-refractivity contribution < 1.29 is 4.79 Å². The van der Waals surface area contributed by atoms with E-state index in [9.17, 15) is 4.79 Å². The zero-order valence-electron chi connectivity index (χ0n) is 9.29. The van der Waals surface area contributed by atoms with E-state index in [4.69, 9.17) is 17.3 Å². The molecule has 0 aliphatic rings. The van der Waals surface area contributed by atoms with Crippen LogP contribution in [0.3, 0.4) is 0 Å². The van der Waals surface area contributed by atoms with Gasteiger partial charge in [0.25, 0.3) is 0 Å². The van der Waals surface area contributed by atoms with Crippen LogP contribution in [0.2, 0.25) is 5.02 Å². The van der Waals surface area contributed by atoms with E-state index >= 15 is 0 Å². The fourth-order valence-electron chi connectivity index (χ4n) is 1.18. The molecule has 0 spiro atoms. The molecule has 3 N–H and O–H groups in total. The Balaban J connectivity index is 0.00000225. The molecule has 0 aliphatic heterocycles. The van der Waals surface area contributed by atoms with Gasteiger partial charge in [-0.05, 0) is 37.1 Å². The Bertz CT molecular complexity index is 369. The smallest absolute Gasteiger partial charge is 0.241 e. The van der Waals surface area contributed by atoms with Crippen molar-refractivity contribution in [3.8, 4) is 0 Å². The summed E-state index contributed by atoms with van der Waals surface area (Å²) in [7, 11) is 0. The third-order valence-electron chi connectivity index (χ3n) is 2.22. The van der Waals surface area contributed by atoms with Crippen LogP contribution in [0.15, 0.2) is 18.2 Å². The highest BCUT2D eigenvalue weighted by Gasteiger charge is 2.11. The van der Waals surface area contributed by atoms with Crippen LogP contribution in [0, 0.1) is 6.92 Å². The average molecular weight is 263 g/mol. The first-order valence-electron chi connectivity index (χ1n) is 4.87. The Morgan fingerprint density at radius 3 is 2.69 bits per heavy atom. The Kier molecular flexibility index (Phi) is 6.41. The van der Waals surface area contributed by atoms with E-state index < -0.39 is 6.04 Å². The quantitative estimate of drug-likeness (QED) is 0.880. The summed E-state index contributed by atoms with van der Waals surface area (Å²) in [5, 5.41) is 3.42. The van der Waals surface area contributed by atoms with E-state index in [1.54, 1.807) is 18.2 Å². The number of benzene rings is 1. The van der Waals surface area contributed by atoms with Crippen LogP contribution in [0.25, 0.3) is 0 Å². The second-order valence-electron chi connectivity index (χ2n) is 3.46. The molecule has 3 nitrogen and oxygen atoms in total. The lowest BCUT2D eigenvalue weighted by Crippen LogP contribution is -2.34. The van der Waals surface area contributed by atoms with Crippen LogP contribution in [0.1, 0.15) is 18.9 Å². The van der Waals surface area contributed by atoms with E-state index in [0.717, 1.165) is 11.3 Å². The van der Waals surface area contributed by atoms with Gasteiger partial charge in [-0.25, -0.2) is 0 Å². The maximum Gasteiger partial charge on any atom is 0.241 e. The minimum Gasteiger partial charge on any atom is -0.324 e. The zero-order chi connectivity index (χ0) is 11.4. The van der Waals surface area contributed by atoms with Crippen molar-refractivity contribution in [2.75, 3.05) is 5.32 Å². The summed E-state index contributed by atoms with van der Waals surface area (Å²) in [6.07, 6.45) is 0.623. The first-order chi connectivity index (χ1) is 7.04. The molecule has 0 aromatic heterocycles. The van der Waals surface area contributed by atoms with Gasteiger partial charge >= 0.3 is 0 Å². The topological polar surface area (TPSA) is 55.1 Å². The number of halogens is 2. The largest absolute Gasteiger partial charge is 0.324 e. The highest BCUT2D eigenvalue weighted by Crippen LogP contribution is 2.19. The number of amides is 1. The third kappa shape index (κ3) is 4.00. The average Bonchev–Trinajstić information content (AvgIpc) is 2.20. The molecule has 0 radical (unpaired) electrons. The highest BCUT2D eigenvalue weighted by molar-refractivity contribution is 6.30. The normalized spacial score (nSPS) is 11.5. The lowest BCUT2D eigenvalue weighted by molar-refractivity contribution is -0.117. The van der Waals surface area contributed by atoms with Crippen molar-refractivity contribution in [2.45, 2.75) is 26.3 Å². The Labute approximate surface area is 107 Å². The first-order valence-corrected chi connectivity index (χ1v) is 5.25. The molecule has 0 heterocycles. The number of anilines is 1. The van der Waals surface area contributed by atoms with Gasteiger partial charge in [0.1, 0.15) is 0 Å². The van der Waals surface area contributed by atoms with Crippen LogP contribution >= 0.6 is 24.0 Å². The van der Waals surface area contributed by atoms with Gasteiger partial charge in [0, 0.05) is 10.7 Å². The lowest BCUT2D eigenvalue weighted by Gasteiger charge is -2.12. The number of carbonyl (C=O) groups is 1. The molecule has 1 rings (SSSR count). The van der Waals surface area contributed by atoms with E-state index in [-0.39, 0.29) is 18.3 Å². The summed E-state index contributed by atoms with van der Waals surface area (Å²) in [5.74, 6) is -0.164.